The standard InChI is InChI=1S/C20H36N6/c1-21-20(22-12-6-5-10-17-8-3-4-9-17)24-18-11-7-13-26(15-18)19-14-23-25(2)16-19/h14,16-18H,3-13,15H2,1-2H3,(H2,21,22,24). The number of anilines is 1. The Labute approximate surface area is 158 Å². The number of rotatable bonds is 7. The van der Waals surface area contributed by atoms with Gasteiger partial charge in [0.25, 0.3) is 0 Å². The minimum absolute atomic E-state index is 0.439. The number of aryl methyl sites for hydroxylation is 1. The van der Waals surface area contributed by atoms with Crippen LogP contribution in [0.5, 0.6) is 0 Å². The molecule has 2 aliphatic rings. The van der Waals surface area contributed by atoms with E-state index in [9.17, 15) is 0 Å². The molecule has 0 amide bonds. The molecular formula is C20H36N6. The summed E-state index contributed by atoms with van der Waals surface area (Å²) < 4.78 is 1.87. The zero-order chi connectivity index (χ0) is 18.2. The lowest BCUT2D eigenvalue weighted by Crippen LogP contribution is -2.51. The summed E-state index contributed by atoms with van der Waals surface area (Å²) in [7, 11) is 3.84. The maximum Gasteiger partial charge on any atom is 0.191 e. The first-order valence-corrected chi connectivity index (χ1v) is 10.5. The summed E-state index contributed by atoms with van der Waals surface area (Å²) >= 11 is 0. The van der Waals surface area contributed by atoms with Gasteiger partial charge in [0.2, 0.25) is 0 Å². The quantitative estimate of drug-likeness (QED) is 0.446. The van der Waals surface area contributed by atoms with Crippen molar-refractivity contribution in [2.75, 3.05) is 31.6 Å². The molecule has 1 unspecified atom stereocenters. The van der Waals surface area contributed by atoms with E-state index in [1.165, 1.54) is 63.5 Å². The highest BCUT2D eigenvalue weighted by atomic mass is 15.3. The highest BCUT2D eigenvalue weighted by molar-refractivity contribution is 5.80. The van der Waals surface area contributed by atoms with Crippen LogP contribution in [0.3, 0.4) is 0 Å². The number of aliphatic imine (C=N–C) groups is 1. The summed E-state index contributed by atoms with van der Waals surface area (Å²) in [6, 6.07) is 0.439. The number of hydrogen-bond acceptors (Lipinski definition) is 3. The fourth-order valence-corrected chi connectivity index (χ4v) is 4.35. The zero-order valence-corrected chi connectivity index (χ0v) is 16.6. The predicted octanol–water partition coefficient (Wildman–Crippen LogP) is 2.91. The van der Waals surface area contributed by atoms with E-state index in [0.717, 1.165) is 31.5 Å². The van der Waals surface area contributed by atoms with Crippen molar-refractivity contribution in [2.24, 2.45) is 18.0 Å². The molecule has 0 bridgehead atoms. The van der Waals surface area contributed by atoms with Gasteiger partial charge in [-0.3, -0.25) is 9.67 Å². The molecule has 1 saturated carbocycles. The first kappa shape index (κ1) is 19.1. The average Bonchev–Trinajstić information content (AvgIpc) is 3.32. The van der Waals surface area contributed by atoms with Crippen LogP contribution in [-0.4, -0.2) is 48.5 Å². The molecule has 1 atom stereocenters. The van der Waals surface area contributed by atoms with Crippen molar-refractivity contribution in [2.45, 2.75) is 63.8 Å². The minimum Gasteiger partial charge on any atom is -0.367 e. The highest BCUT2D eigenvalue weighted by Crippen LogP contribution is 2.28. The lowest BCUT2D eigenvalue weighted by Gasteiger charge is -2.34. The van der Waals surface area contributed by atoms with Gasteiger partial charge in [0, 0.05) is 46.0 Å². The molecule has 0 radical (unpaired) electrons. The molecule has 26 heavy (non-hydrogen) atoms. The van der Waals surface area contributed by atoms with E-state index in [1.807, 2.05) is 25.0 Å². The summed E-state index contributed by atoms with van der Waals surface area (Å²) in [6.07, 6.45) is 16.3. The molecule has 1 aliphatic carbocycles. The second kappa shape index (κ2) is 9.83. The fourth-order valence-electron chi connectivity index (χ4n) is 4.35. The van der Waals surface area contributed by atoms with Crippen molar-refractivity contribution >= 4 is 11.6 Å². The van der Waals surface area contributed by atoms with Crippen LogP contribution in [0.15, 0.2) is 17.4 Å². The summed E-state index contributed by atoms with van der Waals surface area (Å²) in [5, 5.41) is 11.4. The van der Waals surface area contributed by atoms with Gasteiger partial charge >= 0.3 is 0 Å². The third-order valence-corrected chi connectivity index (χ3v) is 5.85. The molecule has 0 spiro atoms. The summed E-state index contributed by atoms with van der Waals surface area (Å²) in [4.78, 5) is 6.84. The summed E-state index contributed by atoms with van der Waals surface area (Å²) in [5.74, 6) is 1.96. The van der Waals surface area contributed by atoms with Gasteiger partial charge in [-0.05, 0) is 25.2 Å². The van der Waals surface area contributed by atoms with E-state index in [0.29, 0.717) is 6.04 Å². The first-order valence-electron chi connectivity index (χ1n) is 10.5. The summed E-state index contributed by atoms with van der Waals surface area (Å²) in [5.41, 5.74) is 1.22. The van der Waals surface area contributed by atoms with E-state index >= 15 is 0 Å². The Morgan fingerprint density at radius 1 is 1.23 bits per heavy atom. The Hall–Kier alpha value is -1.72. The van der Waals surface area contributed by atoms with Gasteiger partial charge in [-0.2, -0.15) is 5.10 Å². The number of guanidine groups is 1. The molecule has 2 N–H and O–H groups in total. The molecule has 2 fully saturated rings. The van der Waals surface area contributed by atoms with Crippen LogP contribution < -0.4 is 15.5 Å². The largest absolute Gasteiger partial charge is 0.367 e. The zero-order valence-electron chi connectivity index (χ0n) is 16.6. The fraction of sp³-hybridized carbons (Fsp3) is 0.800. The second-order valence-corrected chi connectivity index (χ2v) is 7.95. The lowest BCUT2D eigenvalue weighted by atomic mass is 10.0. The van der Waals surface area contributed by atoms with Crippen LogP contribution in [0.25, 0.3) is 0 Å². The number of aromatic nitrogens is 2. The van der Waals surface area contributed by atoms with Gasteiger partial charge < -0.3 is 15.5 Å². The number of hydrogen-bond donors (Lipinski definition) is 2. The third-order valence-electron chi connectivity index (χ3n) is 5.85. The molecule has 3 rings (SSSR count). The molecule has 6 heteroatoms. The van der Waals surface area contributed by atoms with Crippen molar-refractivity contribution in [3.63, 3.8) is 0 Å². The molecule has 1 aromatic heterocycles. The number of piperidine rings is 1. The first-order chi connectivity index (χ1) is 12.7. The Morgan fingerprint density at radius 3 is 2.81 bits per heavy atom. The van der Waals surface area contributed by atoms with Gasteiger partial charge in [0.1, 0.15) is 0 Å². The highest BCUT2D eigenvalue weighted by Gasteiger charge is 2.21. The molecule has 1 saturated heterocycles. The molecule has 2 heterocycles. The van der Waals surface area contributed by atoms with E-state index in [4.69, 9.17) is 0 Å². The van der Waals surface area contributed by atoms with E-state index in [1.54, 1.807) is 0 Å². The molecule has 0 aromatic carbocycles. The second-order valence-electron chi connectivity index (χ2n) is 7.95. The third kappa shape index (κ3) is 5.64. The van der Waals surface area contributed by atoms with E-state index in [-0.39, 0.29) is 0 Å². The van der Waals surface area contributed by atoms with Gasteiger partial charge in [-0.1, -0.05) is 38.5 Å². The lowest BCUT2D eigenvalue weighted by molar-refractivity contribution is 0.462. The maximum atomic E-state index is 4.42. The molecule has 146 valence electrons. The van der Waals surface area contributed by atoms with Crippen molar-refractivity contribution < 1.29 is 0 Å². The van der Waals surface area contributed by atoms with Crippen molar-refractivity contribution in [1.29, 1.82) is 0 Å². The van der Waals surface area contributed by atoms with Gasteiger partial charge in [0.15, 0.2) is 5.96 Å². The SMILES string of the molecule is CN=C(NCCCCC1CCCC1)NC1CCCN(c2cnn(C)c2)C1. The Kier molecular flexibility index (Phi) is 7.21. The van der Waals surface area contributed by atoms with Crippen LogP contribution in [0.2, 0.25) is 0 Å². The number of unbranched alkanes of at least 4 members (excludes halogenated alkanes) is 1. The molecule has 1 aliphatic heterocycles. The normalized spacial score (nSPS) is 22.0. The minimum atomic E-state index is 0.439. The average molecular weight is 361 g/mol. The maximum absolute atomic E-state index is 4.42. The molecule has 1 aromatic rings. The summed E-state index contributed by atoms with van der Waals surface area (Å²) in [6.45, 7) is 3.14. The van der Waals surface area contributed by atoms with Crippen molar-refractivity contribution in [1.82, 2.24) is 20.4 Å². The smallest absolute Gasteiger partial charge is 0.191 e. The van der Waals surface area contributed by atoms with E-state index < -0.39 is 0 Å². The molecule has 6 nitrogen and oxygen atoms in total. The van der Waals surface area contributed by atoms with Gasteiger partial charge in [0.05, 0.1) is 11.9 Å². The van der Waals surface area contributed by atoms with Crippen LogP contribution in [-0.2, 0) is 7.05 Å². The number of nitrogens with zero attached hydrogens (tertiary/aromatic N) is 4. The van der Waals surface area contributed by atoms with Crippen molar-refractivity contribution in [3.05, 3.63) is 12.4 Å². The number of nitrogens with one attached hydrogen (secondary N) is 2. The van der Waals surface area contributed by atoms with Gasteiger partial charge in [-0.15, -0.1) is 0 Å². The van der Waals surface area contributed by atoms with Crippen LogP contribution in [0.4, 0.5) is 5.69 Å². The van der Waals surface area contributed by atoms with Crippen LogP contribution in [0.1, 0.15) is 57.8 Å². The Bertz CT molecular complexity index is 560. The Morgan fingerprint density at radius 2 is 2.08 bits per heavy atom. The van der Waals surface area contributed by atoms with Crippen molar-refractivity contribution in [3.8, 4) is 0 Å². The Balaban J connectivity index is 1.35. The topological polar surface area (TPSA) is 57.5 Å². The van der Waals surface area contributed by atoms with E-state index in [2.05, 4.69) is 31.8 Å². The monoisotopic (exact) mass is 360 g/mol. The predicted molar refractivity (Wildman–Crippen MR) is 109 cm³/mol. The molecular weight excluding hydrogens is 324 g/mol. The van der Waals surface area contributed by atoms with Gasteiger partial charge in [-0.25, -0.2) is 0 Å². The van der Waals surface area contributed by atoms with Crippen LogP contribution >= 0.6 is 0 Å². The van der Waals surface area contributed by atoms with Crippen LogP contribution in [0, 0.1) is 5.92 Å².